The number of amides is 1. The van der Waals surface area contributed by atoms with E-state index in [1.807, 2.05) is 0 Å². The molecule has 0 saturated carbocycles. The zero-order valence-electron chi connectivity index (χ0n) is 9.52. The third kappa shape index (κ3) is 2.93. The van der Waals surface area contributed by atoms with Crippen LogP contribution in [-0.4, -0.2) is 22.5 Å². The maximum atomic E-state index is 11.7. The third-order valence-corrected chi connectivity index (χ3v) is 2.53. The number of carbonyl (C=O) groups is 2. The minimum absolute atomic E-state index is 0.102. The van der Waals surface area contributed by atoms with Crippen LogP contribution >= 0.6 is 0 Å². The van der Waals surface area contributed by atoms with Crippen LogP contribution in [0.25, 0.3) is 0 Å². The molecular weight excluding hydrogens is 226 g/mol. The minimum Gasteiger partial charge on any atom is -0.480 e. The van der Waals surface area contributed by atoms with Gasteiger partial charge in [0.15, 0.2) is 0 Å². The summed E-state index contributed by atoms with van der Waals surface area (Å²) >= 11 is 0. The zero-order chi connectivity index (χ0) is 13.1. The lowest BCUT2D eigenvalue weighted by atomic mass is 9.99. The van der Waals surface area contributed by atoms with Crippen LogP contribution in [0.1, 0.15) is 30.6 Å². The summed E-state index contributed by atoms with van der Waals surface area (Å²) < 4.78 is 4.52. The van der Waals surface area contributed by atoms with Gasteiger partial charge in [-0.25, -0.2) is 9.59 Å². The van der Waals surface area contributed by atoms with E-state index in [2.05, 4.69) is 9.73 Å². The second kappa shape index (κ2) is 4.82. The lowest BCUT2D eigenvalue weighted by molar-refractivity contribution is -0.143. The molecule has 0 radical (unpaired) electrons. The Labute approximate surface area is 97.3 Å². The molecule has 0 aliphatic heterocycles. The number of hydrogen-bond donors (Lipinski definition) is 2. The van der Waals surface area contributed by atoms with Gasteiger partial charge in [0.2, 0.25) is 0 Å². The van der Waals surface area contributed by atoms with E-state index in [0.717, 1.165) is 12.3 Å². The fourth-order valence-electron chi connectivity index (χ4n) is 1.10. The molecule has 0 saturated heterocycles. The van der Waals surface area contributed by atoms with Crippen molar-refractivity contribution < 1.29 is 19.1 Å². The molecule has 0 aromatic carbocycles. The van der Waals surface area contributed by atoms with E-state index in [1.165, 1.54) is 13.0 Å². The molecule has 1 aromatic rings. The molecule has 92 valence electrons. The standard InChI is InChI=1S/C11H13NO5/c1-3-11(2,10(15)16)12-9(14)7-4-5-8(13)17-6-7/h4-6H,3H2,1-2H3,(H,12,14)(H,15,16). The summed E-state index contributed by atoms with van der Waals surface area (Å²) in [6, 6.07) is 2.37. The van der Waals surface area contributed by atoms with Crippen molar-refractivity contribution >= 4 is 11.9 Å². The third-order valence-electron chi connectivity index (χ3n) is 2.53. The number of carbonyl (C=O) groups excluding carboxylic acids is 1. The van der Waals surface area contributed by atoms with E-state index >= 15 is 0 Å². The lowest BCUT2D eigenvalue weighted by Crippen LogP contribution is -2.51. The van der Waals surface area contributed by atoms with Gasteiger partial charge < -0.3 is 14.8 Å². The molecule has 17 heavy (non-hydrogen) atoms. The molecule has 6 nitrogen and oxygen atoms in total. The van der Waals surface area contributed by atoms with Crippen molar-refractivity contribution in [3.8, 4) is 0 Å². The Balaban J connectivity index is 2.89. The first-order chi connectivity index (χ1) is 7.89. The molecule has 6 heteroatoms. The monoisotopic (exact) mass is 239 g/mol. The first-order valence-electron chi connectivity index (χ1n) is 5.04. The molecule has 1 amide bonds. The highest BCUT2D eigenvalue weighted by atomic mass is 16.4. The Morgan fingerprint density at radius 3 is 2.53 bits per heavy atom. The van der Waals surface area contributed by atoms with Crippen LogP contribution in [0, 0.1) is 0 Å². The quantitative estimate of drug-likeness (QED) is 0.802. The summed E-state index contributed by atoms with van der Waals surface area (Å²) in [5.41, 5.74) is -1.81. The SMILES string of the molecule is CCC(C)(NC(=O)c1ccc(=O)oc1)C(=O)O. The smallest absolute Gasteiger partial charge is 0.335 e. The second-order valence-electron chi connectivity index (χ2n) is 3.79. The maximum Gasteiger partial charge on any atom is 0.335 e. The van der Waals surface area contributed by atoms with Crippen LogP contribution in [-0.2, 0) is 4.79 Å². The van der Waals surface area contributed by atoms with Gasteiger partial charge in [-0.2, -0.15) is 0 Å². The topological polar surface area (TPSA) is 96.6 Å². The number of aliphatic carboxylic acids is 1. The molecule has 1 unspecified atom stereocenters. The highest BCUT2D eigenvalue weighted by Gasteiger charge is 2.33. The number of nitrogens with one attached hydrogen (secondary N) is 1. The number of rotatable bonds is 4. The predicted octanol–water partition coefficient (Wildman–Crippen LogP) is 0.623. The summed E-state index contributed by atoms with van der Waals surface area (Å²) in [7, 11) is 0. The first-order valence-corrected chi connectivity index (χ1v) is 5.04. The molecule has 0 fully saturated rings. The average Bonchev–Trinajstić information content (AvgIpc) is 2.29. The van der Waals surface area contributed by atoms with Gasteiger partial charge in [-0.3, -0.25) is 4.79 Å². The normalized spacial score (nSPS) is 13.8. The van der Waals surface area contributed by atoms with Crippen LogP contribution in [0.2, 0.25) is 0 Å². The van der Waals surface area contributed by atoms with Gasteiger partial charge in [-0.15, -0.1) is 0 Å². The van der Waals surface area contributed by atoms with Crippen molar-refractivity contribution in [3.63, 3.8) is 0 Å². The largest absolute Gasteiger partial charge is 0.480 e. The van der Waals surface area contributed by atoms with E-state index in [1.54, 1.807) is 6.92 Å². The van der Waals surface area contributed by atoms with Crippen molar-refractivity contribution in [1.29, 1.82) is 0 Å². The summed E-state index contributed by atoms with van der Waals surface area (Å²) in [5, 5.41) is 11.4. The second-order valence-corrected chi connectivity index (χ2v) is 3.79. The first kappa shape index (κ1) is 13.0. The van der Waals surface area contributed by atoms with Gasteiger partial charge in [-0.05, 0) is 19.4 Å². The molecular formula is C11H13NO5. The van der Waals surface area contributed by atoms with Gasteiger partial charge in [-0.1, -0.05) is 6.92 Å². The van der Waals surface area contributed by atoms with E-state index in [4.69, 9.17) is 5.11 Å². The molecule has 1 rings (SSSR count). The zero-order valence-corrected chi connectivity index (χ0v) is 9.52. The maximum absolute atomic E-state index is 11.7. The number of carboxylic acids is 1. The fraction of sp³-hybridized carbons (Fsp3) is 0.364. The van der Waals surface area contributed by atoms with E-state index < -0.39 is 23.0 Å². The summed E-state index contributed by atoms with van der Waals surface area (Å²) in [5.74, 6) is -1.72. The van der Waals surface area contributed by atoms with Crippen molar-refractivity contribution in [2.75, 3.05) is 0 Å². The highest BCUT2D eigenvalue weighted by Crippen LogP contribution is 2.10. The van der Waals surface area contributed by atoms with Gasteiger partial charge >= 0.3 is 11.6 Å². The Bertz CT molecular complexity index is 472. The van der Waals surface area contributed by atoms with Gasteiger partial charge in [0.1, 0.15) is 11.8 Å². The summed E-state index contributed by atoms with van der Waals surface area (Å²) in [4.78, 5) is 33.4. The van der Waals surface area contributed by atoms with E-state index in [0.29, 0.717) is 0 Å². The van der Waals surface area contributed by atoms with E-state index in [-0.39, 0.29) is 12.0 Å². The van der Waals surface area contributed by atoms with Gasteiger partial charge in [0.25, 0.3) is 5.91 Å². The van der Waals surface area contributed by atoms with Crippen LogP contribution in [0.4, 0.5) is 0 Å². The van der Waals surface area contributed by atoms with E-state index in [9.17, 15) is 14.4 Å². The van der Waals surface area contributed by atoms with Crippen molar-refractivity contribution in [2.45, 2.75) is 25.8 Å². The molecule has 1 atom stereocenters. The molecule has 2 N–H and O–H groups in total. The number of carboxylic acid groups (broad SMARTS) is 1. The molecule has 0 aliphatic rings. The molecule has 1 heterocycles. The number of hydrogen-bond acceptors (Lipinski definition) is 4. The molecule has 0 bridgehead atoms. The van der Waals surface area contributed by atoms with Crippen molar-refractivity contribution in [2.24, 2.45) is 0 Å². The minimum atomic E-state index is -1.34. The Morgan fingerprint density at radius 1 is 1.47 bits per heavy atom. The van der Waals surface area contributed by atoms with Crippen molar-refractivity contribution in [1.82, 2.24) is 5.32 Å². The van der Waals surface area contributed by atoms with Gasteiger partial charge in [0.05, 0.1) is 5.56 Å². The van der Waals surface area contributed by atoms with Crippen LogP contribution in [0.5, 0.6) is 0 Å². The van der Waals surface area contributed by atoms with Crippen LogP contribution in [0.3, 0.4) is 0 Å². The van der Waals surface area contributed by atoms with Gasteiger partial charge in [0, 0.05) is 6.07 Å². The van der Waals surface area contributed by atoms with Crippen molar-refractivity contribution in [3.05, 3.63) is 34.4 Å². The fourth-order valence-corrected chi connectivity index (χ4v) is 1.10. The Hall–Kier alpha value is -2.11. The Morgan fingerprint density at radius 2 is 2.12 bits per heavy atom. The molecule has 1 aromatic heterocycles. The highest BCUT2D eigenvalue weighted by molar-refractivity contribution is 5.97. The predicted molar refractivity (Wildman–Crippen MR) is 58.8 cm³/mol. The molecule has 0 spiro atoms. The van der Waals surface area contributed by atoms with Crippen LogP contribution < -0.4 is 10.9 Å². The average molecular weight is 239 g/mol. The molecule has 0 aliphatic carbocycles. The van der Waals surface area contributed by atoms with Crippen LogP contribution in [0.15, 0.2) is 27.6 Å². The summed E-state index contributed by atoms with van der Waals surface area (Å²) in [6.45, 7) is 3.06. The Kier molecular flexibility index (Phi) is 3.67. The summed E-state index contributed by atoms with van der Waals surface area (Å²) in [6.07, 6.45) is 1.24. The lowest BCUT2D eigenvalue weighted by Gasteiger charge is -2.24.